The topological polar surface area (TPSA) is 0 Å². The van der Waals surface area contributed by atoms with Gasteiger partial charge >= 0.3 is 0 Å². The van der Waals surface area contributed by atoms with Crippen LogP contribution in [0, 0.1) is 0 Å². The first kappa shape index (κ1) is 19.7. The first-order valence-corrected chi connectivity index (χ1v) is 15.1. The van der Waals surface area contributed by atoms with Crippen molar-refractivity contribution in [3.63, 3.8) is 0 Å². The fourth-order valence-electron chi connectivity index (χ4n) is 2.92. The number of rotatable bonds is 11. The minimum atomic E-state index is -1.13. The van der Waals surface area contributed by atoms with Gasteiger partial charge in [-0.15, -0.1) is 0 Å². The molecular weight excluding hydrogens is 296 g/mol. The fraction of sp³-hybridized carbons (Fsp3) is 0.700. The molecule has 0 atom stereocenters. The maximum absolute atomic E-state index is 2.50. The highest BCUT2D eigenvalue weighted by molar-refractivity contribution is 6.88. The van der Waals surface area contributed by atoms with Gasteiger partial charge in [0.15, 0.2) is 0 Å². The van der Waals surface area contributed by atoms with E-state index in [9.17, 15) is 0 Å². The third kappa shape index (κ3) is 7.78. The molecule has 0 aliphatic rings. The molecule has 0 bridgehead atoms. The molecule has 22 heavy (non-hydrogen) atoms. The third-order valence-corrected chi connectivity index (χ3v) is 9.14. The molecule has 1 rings (SSSR count). The number of hydrogen-bond acceptors (Lipinski definition) is 0. The van der Waals surface area contributed by atoms with Gasteiger partial charge in [-0.1, -0.05) is 125 Å². The van der Waals surface area contributed by atoms with Crippen LogP contribution in [0.3, 0.4) is 0 Å². The second-order valence-corrected chi connectivity index (χ2v) is 15.5. The molecular formula is C20H37Si2. The molecule has 1 radical (unpaired) electrons. The van der Waals surface area contributed by atoms with Crippen molar-refractivity contribution in [2.75, 3.05) is 0 Å². The van der Waals surface area contributed by atoms with Crippen LogP contribution in [0.1, 0.15) is 58.3 Å². The van der Waals surface area contributed by atoms with Crippen LogP contribution in [0.15, 0.2) is 24.3 Å². The summed E-state index contributed by atoms with van der Waals surface area (Å²) in [5.41, 5.74) is 0. The van der Waals surface area contributed by atoms with E-state index in [-0.39, 0.29) is 8.80 Å². The van der Waals surface area contributed by atoms with E-state index in [4.69, 9.17) is 0 Å². The predicted octanol–water partition coefficient (Wildman–Crippen LogP) is 5.70. The SMILES string of the molecule is CCCCCCCCCC[Si](C)c1ccc([Si](C)(C)C)cc1. The second-order valence-electron chi connectivity index (χ2n) is 7.83. The van der Waals surface area contributed by atoms with E-state index in [1.165, 1.54) is 57.4 Å². The van der Waals surface area contributed by atoms with Crippen LogP contribution in [0.2, 0.25) is 32.2 Å². The van der Waals surface area contributed by atoms with E-state index in [2.05, 4.69) is 57.4 Å². The summed E-state index contributed by atoms with van der Waals surface area (Å²) in [6.45, 7) is 12.1. The Morgan fingerprint density at radius 2 is 1.27 bits per heavy atom. The summed E-state index contributed by atoms with van der Waals surface area (Å²) in [5, 5.41) is 3.23. The van der Waals surface area contributed by atoms with Gasteiger partial charge in [-0.05, 0) is 0 Å². The molecule has 0 aliphatic carbocycles. The highest BCUT2D eigenvalue weighted by Gasteiger charge is 2.16. The standard InChI is InChI=1S/C20H37Si2/c1-6-7-8-9-10-11-12-13-18-21(2)19-14-16-20(17-15-19)22(3,4)5/h14-17H,6-13,18H2,1-5H3. The molecule has 0 spiro atoms. The maximum Gasteiger partial charge on any atom is 0.0824 e. The average molecular weight is 334 g/mol. The third-order valence-electron chi connectivity index (χ3n) is 4.65. The molecule has 0 N–H and O–H groups in total. The Labute approximate surface area is 142 Å². The van der Waals surface area contributed by atoms with E-state index >= 15 is 0 Å². The molecule has 0 aromatic heterocycles. The Hall–Kier alpha value is -0.346. The summed E-state index contributed by atoms with van der Waals surface area (Å²) in [7, 11) is -1.44. The minimum absolute atomic E-state index is 0.314. The summed E-state index contributed by atoms with van der Waals surface area (Å²) in [4.78, 5) is 0. The minimum Gasteiger partial charge on any atom is -0.0669 e. The second kappa shape index (κ2) is 10.4. The van der Waals surface area contributed by atoms with Crippen molar-refractivity contribution in [1.29, 1.82) is 0 Å². The molecule has 0 saturated heterocycles. The van der Waals surface area contributed by atoms with Gasteiger partial charge in [-0.3, -0.25) is 0 Å². The lowest BCUT2D eigenvalue weighted by molar-refractivity contribution is 0.584. The molecule has 0 amide bonds. The van der Waals surface area contributed by atoms with Gasteiger partial charge < -0.3 is 0 Å². The van der Waals surface area contributed by atoms with Crippen molar-refractivity contribution in [3.05, 3.63) is 24.3 Å². The van der Waals surface area contributed by atoms with Crippen molar-refractivity contribution in [3.8, 4) is 0 Å². The average Bonchev–Trinajstić information content (AvgIpc) is 2.49. The normalized spacial score (nSPS) is 12.1. The van der Waals surface area contributed by atoms with Gasteiger partial charge in [-0.2, -0.15) is 0 Å². The summed E-state index contributed by atoms with van der Waals surface area (Å²) < 4.78 is 0. The molecule has 0 fully saturated rings. The van der Waals surface area contributed by atoms with Crippen LogP contribution in [-0.4, -0.2) is 16.9 Å². The first-order chi connectivity index (χ1) is 10.4. The molecule has 0 aliphatic heterocycles. The Bertz CT molecular complexity index is 389. The van der Waals surface area contributed by atoms with Crippen molar-refractivity contribution in [2.45, 2.75) is 90.5 Å². The van der Waals surface area contributed by atoms with Gasteiger partial charge in [0.05, 0.1) is 16.9 Å². The van der Waals surface area contributed by atoms with Crippen molar-refractivity contribution < 1.29 is 0 Å². The highest BCUT2D eigenvalue weighted by Crippen LogP contribution is 2.11. The Morgan fingerprint density at radius 3 is 1.77 bits per heavy atom. The lowest BCUT2D eigenvalue weighted by atomic mass is 10.1. The number of hydrogen-bond donors (Lipinski definition) is 0. The van der Waals surface area contributed by atoms with Crippen LogP contribution in [0.4, 0.5) is 0 Å². The van der Waals surface area contributed by atoms with E-state index < -0.39 is 8.07 Å². The van der Waals surface area contributed by atoms with Crippen LogP contribution < -0.4 is 10.4 Å². The van der Waals surface area contributed by atoms with Crippen LogP contribution in [0.5, 0.6) is 0 Å². The molecule has 0 unspecified atom stereocenters. The van der Waals surface area contributed by atoms with E-state index in [0.29, 0.717) is 0 Å². The van der Waals surface area contributed by atoms with E-state index in [0.717, 1.165) is 0 Å². The Kier molecular flexibility index (Phi) is 9.34. The largest absolute Gasteiger partial charge is 0.0824 e. The Balaban J connectivity index is 2.21. The van der Waals surface area contributed by atoms with E-state index in [1.807, 2.05) is 0 Å². The first-order valence-electron chi connectivity index (χ1n) is 9.38. The number of benzene rings is 1. The fourth-order valence-corrected chi connectivity index (χ4v) is 5.89. The van der Waals surface area contributed by atoms with Gasteiger partial charge in [0, 0.05) is 0 Å². The summed E-state index contributed by atoms with van der Waals surface area (Å²) in [5.74, 6) is 0. The lowest BCUT2D eigenvalue weighted by Crippen LogP contribution is -2.39. The van der Waals surface area contributed by atoms with Gasteiger partial charge in [0.1, 0.15) is 0 Å². The van der Waals surface area contributed by atoms with Gasteiger partial charge in [0.2, 0.25) is 0 Å². The molecule has 0 saturated carbocycles. The maximum atomic E-state index is 2.50. The molecule has 0 heterocycles. The zero-order chi connectivity index (χ0) is 16.4. The van der Waals surface area contributed by atoms with Crippen LogP contribution >= 0.6 is 0 Å². The van der Waals surface area contributed by atoms with Gasteiger partial charge in [0.25, 0.3) is 0 Å². The molecule has 1 aromatic rings. The summed E-state index contributed by atoms with van der Waals surface area (Å²) in [6.07, 6.45) is 11.5. The van der Waals surface area contributed by atoms with Crippen molar-refractivity contribution in [1.82, 2.24) is 0 Å². The van der Waals surface area contributed by atoms with Crippen LogP contribution in [-0.2, 0) is 0 Å². The predicted molar refractivity (Wildman–Crippen MR) is 108 cm³/mol. The molecule has 0 nitrogen and oxygen atoms in total. The lowest BCUT2D eigenvalue weighted by Gasteiger charge is -2.18. The van der Waals surface area contributed by atoms with Crippen LogP contribution in [0.25, 0.3) is 0 Å². The highest BCUT2D eigenvalue weighted by atomic mass is 28.3. The zero-order valence-corrected chi connectivity index (χ0v) is 17.7. The smallest absolute Gasteiger partial charge is 0.0669 e. The van der Waals surface area contributed by atoms with Crippen molar-refractivity contribution >= 4 is 27.2 Å². The molecule has 125 valence electrons. The van der Waals surface area contributed by atoms with Crippen molar-refractivity contribution in [2.24, 2.45) is 0 Å². The Morgan fingerprint density at radius 1 is 0.773 bits per heavy atom. The zero-order valence-electron chi connectivity index (χ0n) is 15.7. The summed E-state index contributed by atoms with van der Waals surface area (Å²) >= 11 is 0. The molecule has 2 heteroatoms. The van der Waals surface area contributed by atoms with E-state index in [1.54, 1.807) is 10.4 Å². The quantitative estimate of drug-likeness (QED) is 0.360. The monoisotopic (exact) mass is 333 g/mol. The molecule has 1 aromatic carbocycles. The summed E-state index contributed by atoms with van der Waals surface area (Å²) in [6, 6.07) is 11.1. The van der Waals surface area contributed by atoms with Gasteiger partial charge in [-0.25, -0.2) is 0 Å². The number of unbranched alkanes of at least 4 members (excludes halogenated alkanes) is 7.